The fourth-order valence-corrected chi connectivity index (χ4v) is 1.02. The summed E-state index contributed by atoms with van der Waals surface area (Å²) in [5.41, 5.74) is 1.78. The van der Waals surface area contributed by atoms with Crippen LogP contribution in [0.15, 0.2) is 36.7 Å². The van der Waals surface area contributed by atoms with E-state index in [1.54, 1.807) is 0 Å². The molecule has 0 atom stereocenters. The highest BCUT2D eigenvalue weighted by Crippen LogP contribution is 2.11. The van der Waals surface area contributed by atoms with Gasteiger partial charge in [-0.05, 0) is 37.8 Å². The number of benzene rings is 1. The van der Waals surface area contributed by atoms with Gasteiger partial charge >= 0.3 is 0 Å². The van der Waals surface area contributed by atoms with Gasteiger partial charge in [-0.2, -0.15) is 0 Å². The molecule has 0 saturated carbocycles. The molecule has 0 aliphatic carbocycles. The number of hydrogen-bond acceptors (Lipinski definition) is 2. The van der Waals surface area contributed by atoms with Gasteiger partial charge in [0.05, 0.1) is 6.61 Å². The van der Waals surface area contributed by atoms with Crippen molar-refractivity contribution in [3.05, 3.63) is 42.3 Å². The third kappa shape index (κ3) is 5.11. The molecule has 0 heterocycles. The van der Waals surface area contributed by atoms with E-state index in [-0.39, 0.29) is 0 Å². The summed E-state index contributed by atoms with van der Waals surface area (Å²) >= 11 is 0. The molecule has 0 spiro atoms. The van der Waals surface area contributed by atoms with Gasteiger partial charge in [-0.1, -0.05) is 19.8 Å². The minimum Gasteiger partial charge on any atom is -0.480 e. The zero-order chi connectivity index (χ0) is 12.4. The Morgan fingerprint density at radius 1 is 1.38 bits per heavy atom. The maximum absolute atomic E-state index is 5.24. The summed E-state index contributed by atoms with van der Waals surface area (Å²) in [4.78, 5) is 0. The van der Waals surface area contributed by atoms with Crippen LogP contribution in [0.25, 0.3) is 0 Å². The van der Waals surface area contributed by atoms with Gasteiger partial charge in [-0.3, -0.25) is 0 Å². The Labute approximate surface area is 98.3 Å². The first-order valence-corrected chi connectivity index (χ1v) is 5.41. The van der Waals surface area contributed by atoms with Crippen molar-refractivity contribution in [2.45, 2.75) is 20.8 Å². The molecular formula is C14H19NO. The largest absolute Gasteiger partial charge is 0.480 e. The van der Waals surface area contributed by atoms with Crippen LogP contribution in [-0.2, 0) is 4.74 Å². The highest BCUT2D eigenvalue weighted by atomic mass is 16.5. The molecule has 0 amide bonds. The van der Waals surface area contributed by atoms with Crippen LogP contribution in [-0.4, -0.2) is 6.61 Å². The van der Waals surface area contributed by atoms with E-state index in [1.165, 1.54) is 0 Å². The maximum Gasteiger partial charge on any atom is 0.183 e. The van der Waals surface area contributed by atoms with E-state index in [4.69, 9.17) is 11.2 Å². The van der Waals surface area contributed by atoms with Crippen molar-refractivity contribution in [2.75, 3.05) is 11.9 Å². The van der Waals surface area contributed by atoms with Crippen LogP contribution in [0.5, 0.6) is 0 Å². The number of nitrogens with one attached hydrogen (secondary N) is 1. The summed E-state index contributed by atoms with van der Waals surface area (Å²) in [7, 11) is 0. The second-order valence-electron chi connectivity index (χ2n) is 2.70. The minimum absolute atomic E-state index is 0.543. The normalized spacial score (nSPS) is 8.12. The summed E-state index contributed by atoms with van der Waals surface area (Å²) in [6.07, 6.45) is 5.24. The Bertz CT molecular complexity index is 346. The van der Waals surface area contributed by atoms with E-state index in [0.29, 0.717) is 12.5 Å². The predicted molar refractivity (Wildman–Crippen MR) is 70.1 cm³/mol. The Morgan fingerprint density at radius 3 is 2.38 bits per heavy atom. The molecule has 0 radical (unpaired) electrons. The standard InChI is InChI=1S/C12H13NO.C2H6/c1-4-11-6-8-12(9-7-11)13-10(3)14-5-2;1-2/h1,6-9,13H,3,5H2,2H3;1-2H3. The van der Waals surface area contributed by atoms with Gasteiger partial charge in [0.2, 0.25) is 0 Å². The molecule has 0 aliphatic heterocycles. The molecule has 0 bridgehead atoms. The summed E-state index contributed by atoms with van der Waals surface area (Å²) in [6.45, 7) is 10.2. The highest BCUT2D eigenvalue weighted by molar-refractivity contribution is 5.50. The summed E-state index contributed by atoms with van der Waals surface area (Å²) < 4.78 is 5.16. The molecule has 1 N–H and O–H groups in total. The second-order valence-corrected chi connectivity index (χ2v) is 2.70. The van der Waals surface area contributed by atoms with Crippen LogP contribution in [0.4, 0.5) is 5.69 Å². The van der Waals surface area contributed by atoms with Crippen LogP contribution in [0.1, 0.15) is 26.3 Å². The van der Waals surface area contributed by atoms with E-state index >= 15 is 0 Å². The van der Waals surface area contributed by atoms with E-state index in [9.17, 15) is 0 Å². The SMILES string of the molecule is C#Cc1ccc(NC(=C)OCC)cc1.CC. The average Bonchev–Trinajstić information content (AvgIpc) is 2.33. The highest BCUT2D eigenvalue weighted by Gasteiger charge is 1.94. The molecule has 0 aliphatic rings. The zero-order valence-corrected chi connectivity index (χ0v) is 10.2. The molecule has 1 rings (SSSR count). The number of hydrogen-bond donors (Lipinski definition) is 1. The topological polar surface area (TPSA) is 21.3 Å². The monoisotopic (exact) mass is 217 g/mol. The van der Waals surface area contributed by atoms with Crippen LogP contribution in [0.2, 0.25) is 0 Å². The molecule has 86 valence electrons. The van der Waals surface area contributed by atoms with E-state index in [0.717, 1.165) is 11.3 Å². The molecule has 1 aromatic carbocycles. The van der Waals surface area contributed by atoms with Gasteiger partial charge in [0, 0.05) is 11.3 Å². The molecule has 0 aromatic heterocycles. The van der Waals surface area contributed by atoms with Crippen LogP contribution in [0.3, 0.4) is 0 Å². The number of rotatable bonds is 4. The maximum atomic E-state index is 5.24. The number of anilines is 1. The predicted octanol–water partition coefficient (Wildman–Crippen LogP) is 3.61. The van der Waals surface area contributed by atoms with E-state index in [2.05, 4.69) is 17.8 Å². The van der Waals surface area contributed by atoms with Crippen molar-refractivity contribution in [3.63, 3.8) is 0 Å². The first-order valence-electron chi connectivity index (χ1n) is 5.41. The lowest BCUT2D eigenvalue weighted by Gasteiger charge is -2.09. The van der Waals surface area contributed by atoms with Gasteiger partial charge in [0.25, 0.3) is 0 Å². The van der Waals surface area contributed by atoms with Crippen LogP contribution in [0, 0.1) is 12.3 Å². The van der Waals surface area contributed by atoms with Crippen molar-refractivity contribution in [3.8, 4) is 12.3 Å². The lowest BCUT2D eigenvalue weighted by Crippen LogP contribution is -2.01. The third-order valence-electron chi connectivity index (χ3n) is 1.65. The minimum atomic E-state index is 0.543. The molecule has 0 unspecified atom stereocenters. The van der Waals surface area contributed by atoms with Crippen molar-refractivity contribution < 1.29 is 4.74 Å². The first-order chi connectivity index (χ1) is 7.76. The van der Waals surface area contributed by atoms with Gasteiger partial charge in [-0.15, -0.1) is 6.42 Å². The Morgan fingerprint density at radius 2 is 1.94 bits per heavy atom. The van der Waals surface area contributed by atoms with Crippen LogP contribution < -0.4 is 5.32 Å². The smallest absolute Gasteiger partial charge is 0.183 e. The molecule has 2 nitrogen and oxygen atoms in total. The average molecular weight is 217 g/mol. The first kappa shape index (κ1) is 14.1. The van der Waals surface area contributed by atoms with Gasteiger partial charge < -0.3 is 10.1 Å². The van der Waals surface area contributed by atoms with Crippen molar-refractivity contribution in [1.82, 2.24) is 0 Å². The fraction of sp³-hybridized carbons (Fsp3) is 0.286. The Balaban J connectivity index is 0.00000106. The van der Waals surface area contributed by atoms with Gasteiger partial charge in [-0.25, -0.2) is 0 Å². The molecular weight excluding hydrogens is 198 g/mol. The summed E-state index contributed by atoms with van der Waals surface area (Å²) in [5, 5.41) is 3.01. The van der Waals surface area contributed by atoms with E-state index in [1.807, 2.05) is 45.0 Å². The molecule has 0 saturated heterocycles. The second kappa shape index (κ2) is 8.43. The van der Waals surface area contributed by atoms with Gasteiger partial charge in [0.1, 0.15) is 0 Å². The quantitative estimate of drug-likeness (QED) is 0.614. The van der Waals surface area contributed by atoms with Crippen molar-refractivity contribution in [2.24, 2.45) is 0 Å². The molecule has 1 aromatic rings. The fourth-order valence-electron chi connectivity index (χ4n) is 1.02. The molecule has 2 heteroatoms. The van der Waals surface area contributed by atoms with Crippen molar-refractivity contribution >= 4 is 5.69 Å². The van der Waals surface area contributed by atoms with E-state index < -0.39 is 0 Å². The molecule has 16 heavy (non-hydrogen) atoms. The van der Waals surface area contributed by atoms with Gasteiger partial charge in [0.15, 0.2) is 5.88 Å². The third-order valence-corrected chi connectivity index (χ3v) is 1.65. The van der Waals surface area contributed by atoms with Crippen molar-refractivity contribution in [1.29, 1.82) is 0 Å². The summed E-state index contributed by atoms with van der Waals surface area (Å²) in [6, 6.07) is 7.50. The molecule has 0 fully saturated rings. The lowest BCUT2D eigenvalue weighted by molar-refractivity contribution is 0.236. The Hall–Kier alpha value is -1.88. The zero-order valence-electron chi connectivity index (χ0n) is 10.2. The number of ether oxygens (including phenoxy) is 1. The number of terminal acetylenes is 1. The lowest BCUT2D eigenvalue weighted by atomic mass is 10.2. The summed E-state index contributed by atoms with van der Waals surface area (Å²) in [5.74, 6) is 3.09. The van der Waals surface area contributed by atoms with Crippen LogP contribution >= 0.6 is 0 Å². The Kier molecular flexibility index (Phi) is 7.44.